The van der Waals surface area contributed by atoms with Gasteiger partial charge in [-0.3, -0.25) is 0 Å². The van der Waals surface area contributed by atoms with Gasteiger partial charge in [0, 0.05) is 5.56 Å². The highest BCUT2D eigenvalue weighted by Gasteiger charge is 2.04. The molecule has 0 atom stereocenters. The minimum Gasteiger partial charge on any atom is -0.619 e. The Kier molecular flexibility index (Phi) is 2.33. The number of hydrogen-bond donors (Lipinski definition) is 0. The first-order valence-corrected chi connectivity index (χ1v) is 4.45. The maximum atomic E-state index is 11.1. The monoisotopic (exact) mass is 206 g/mol. The summed E-state index contributed by atoms with van der Waals surface area (Å²) in [5.41, 5.74) is 1.45. The number of rotatable bonds is 1. The molecular formula is C10H7ClN2O. The van der Waals surface area contributed by atoms with Gasteiger partial charge in [-0.25, -0.2) is 4.98 Å². The molecule has 3 nitrogen and oxygen atoms in total. The fourth-order valence-corrected chi connectivity index (χ4v) is 1.37. The maximum Gasteiger partial charge on any atom is 0.217 e. The molecule has 0 saturated heterocycles. The maximum absolute atomic E-state index is 11.1. The summed E-state index contributed by atoms with van der Waals surface area (Å²) < 4.78 is 0.650. The van der Waals surface area contributed by atoms with E-state index in [1.807, 2.05) is 30.3 Å². The minimum absolute atomic E-state index is 0.196. The van der Waals surface area contributed by atoms with Crippen molar-refractivity contribution < 1.29 is 4.73 Å². The zero-order chi connectivity index (χ0) is 9.97. The van der Waals surface area contributed by atoms with Crippen molar-refractivity contribution in [3.05, 3.63) is 53.1 Å². The lowest BCUT2D eigenvalue weighted by atomic mass is 10.2. The second kappa shape index (κ2) is 3.64. The van der Waals surface area contributed by atoms with Crippen molar-refractivity contribution in [2.24, 2.45) is 0 Å². The van der Waals surface area contributed by atoms with E-state index in [0.717, 1.165) is 5.56 Å². The molecule has 0 spiro atoms. The van der Waals surface area contributed by atoms with E-state index in [0.29, 0.717) is 10.4 Å². The molecule has 0 saturated carbocycles. The molecule has 1 aromatic carbocycles. The zero-order valence-corrected chi connectivity index (χ0v) is 7.98. The van der Waals surface area contributed by atoms with Crippen LogP contribution in [0.3, 0.4) is 0 Å². The summed E-state index contributed by atoms with van der Waals surface area (Å²) in [5.74, 6) is 0. The topological polar surface area (TPSA) is 39.8 Å². The highest BCUT2D eigenvalue weighted by molar-refractivity contribution is 6.29. The second-order valence-corrected chi connectivity index (χ2v) is 3.19. The first kappa shape index (κ1) is 8.97. The molecule has 1 heterocycles. The van der Waals surface area contributed by atoms with E-state index in [2.05, 4.69) is 4.98 Å². The molecule has 2 rings (SSSR count). The van der Waals surface area contributed by atoms with Crippen molar-refractivity contribution in [3.63, 3.8) is 0 Å². The Bertz CT molecular complexity index is 425. The van der Waals surface area contributed by atoms with Gasteiger partial charge in [0.25, 0.3) is 0 Å². The van der Waals surface area contributed by atoms with Crippen LogP contribution < -0.4 is 4.73 Å². The molecule has 0 bridgehead atoms. The molecule has 0 amide bonds. The van der Waals surface area contributed by atoms with Crippen molar-refractivity contribution in [3.8, 4) is 11.3 Å². The molecule has 0 unspecified atom stereocenters. The third-order valence-electron chi connectivity index (χ3n) is 1.78. The van der Waals surface area contributed by atoms with Gasteiger partial charge < -0.3 is 5.21 Å². The van der Waals surface area contributed by atoms with Crippen molar-refractivity contribution in [1.29, 1.82) is 0 Å². The van der Waals surface area contributed by atoms with Crippen molar-refractivity contribution in [1.82, 2.24) is 4.98 Å². The Morgan fingerprint density at radius 2 is 1.86 bits per heavy atom. The van der Waals surface area contributed by atoms with Crippen molar-refractivity contribution >= 4 is 11.6 Å². The van der Waals surface area contributed by atoms with Gasteiger partial charge in [-0.05, 0) is 0 Å². The van der Waals surface area contributed by atoms with Crippen molar-refractivity contribution in [2.75, 3.05) is 0 Å². The van der Waals surface area contributed by atoms with E-state index in [9.17, 15) is 5.21 Å². The Morgan fingerprint density at radius 3 is 2.50 bits per heavy atom. The van der Waals surface area contributed by atoms with Crippen LogP contribution in [0.2, 0.25) is 5.15 Å². The normalized spacial score (nSPS) is 10.1. The van der Waals surface area contributed by atoms with Gasteiger partial charge in [-0.1, -0.05) is 41.9 Å². The number of nitrogens with zero attached hydrogens (tertiary/aromatic N) is 2. The average molecular weight is 207 g/mol. The van der Waals surface area contributed by atoms with Crippen LogP contribution in [0.25, 0.3) is 11.3 Å². The Balaban J connectivity index is 2.52. The molecule has 0 fully saturated rings. The molecule has 14 heavy (non-hydrogen) atoms. The highest BCUT2D eigenvalue weighted by atomic mass is 35.5. The van der Waals surface area contributed by atoms with Crippen LogP contribution in [0.15, 0.2) is 42.7 Å². The summed E-state index contributed by atoms with van der Waals surface area (Å²) in [6.07, 6.45) is 2.61. The van der Waals surface area contributed by atoms with Crippen molar-refractivity contribution in [2.45, 2.75) is 0 Å². The third kappa shape index (κ3) is 1.83. The molecular weight excluding hydrogens is 200 g/mol. The lowest BCUT2D eigenvalue weighted by molar-refractivity contribution is -0.605. The van der Waals surface area contributed by atoms with E-state index in [-0.39, 0.29) is 5.15 Å². The molecule has 0 aliphatic carbocycles. The van der Waals surface area contributed by atoms with Crippen LogP contribution in [0.5, 0.6) is 0 Å². The van der Waals surface area contributed by atoms with Gasteiger partial charge in [0.15, 0.2) is 5.15 Å². The van der Waals surface area contributed by atoms with Gasteiger partial charge in [0.05, 0.1) is 0 Å². The number of benzene rings is 1. The van der Waals surface area contributed by atoms with Crippen LogP contribution in [-0.2, 0) is 0 Å². The SMILES string of the molecule is [O-][n+]1cc(Cl)nc(-c2ccccc2)c1. The van der Waals surface area contributed by atoms with E-state index in [1.165, 1.54) is 12.4 Å². The fourth-order valence-electron chi connectivity index (χ4n) is 1.18. The Morgan fingerprint density at radius 1 is 1.14 bits per heavy atom. The standard InChI is InChI=1S/C10H7ClN2O/c11-10-7-13(14)6-9(12-10)8-4-2-1-3-5-8/h1-7H. The average Bonchev–Trinajstić information content (AvgIpc) is 2.18. The van der Waals surface area contributed by atoms with Crippen LogP contribution in [0.1, 0.15) is 0 Å². The fraction of sp³-hybridized carbons (Fsp3) is 0. The molecule has 2 aromatic rings. The van der Waals surface area contributed by atoms with Gasteiger partial charge in [-0.2, -0.15) is 4.73 Å². The first-order chi connectivity index (χ1) is 6.75. The van der Waals surface area contributed by atoms with Crippen LogP contribution in [0.4, 0.5) is 0 Å². The van der Waals surface area contributed by atoms with E-state index in [1.54, 1.807) is 0 Å². The molecule has 0 N–H and O–H groups in total. The van der Waals surface area contributed by atoms with Crippen LogP contribution in [0, 0.1) is 5.21 Å². The lowest BCUT2D eigenvalue weighted by Gasteiger charge is -2.01. The van der Waals surface area contributed by atoms with Crippen LogP contribution >= 0.6 is 11.6 Å². The quantitative estimate of drug-likeness (QED) is 0.529. The smallest absolute Gasteiger partial charge is 0.217 e. The second-order valence-electron chi connectivity index (χ2n) is 2.80. The summed E-state index contributed by atoms with van der Waals surface area (Å²) in [6.45, 7) is 0. The molecule has 0 aliphatic rings. The number of aromatic nitrogens is 2. The van der Waals surface area contributed by atoms with Gasteiger partial charge >= 0.3 is 0 Å². The lowest BCUT2D eigenvalue weighted by Crippen LogP contribution is -2.25. The molecule has 0 radical (unpaired) electrons. The highest BCUT2D eigenvalue weighted by Crippen LogP contribution is 2.15. The van der Waals surface area contributed by atoms with Gasteiger partial charge in [0.1, 0.15) is 5.69 Å². The third-order valence-corrected chi connectivity index (χ3v) is 1.96. The van der Waals surface area contributed by atoms with Crippen LogP contribution in [-0.4, -0.2) is 4.98 Å². The molecule has 0 aliphatic heterocycles. The number of hydrogen-bond acceptors (Lipinski definition) is 2. The van der Waals surface area contributed by atoms with E-state index >= 15 is 0 Å². The summed E-state index contributed by atoms with van der Waals surface area (Å²) >= 11 is 5.67. The number of halogens is 1. The largest absolute Gasteiger partial charge is 0.619 e. The van der Waals surface area contributed by atoms with Gasteiger partial charge in [-0.15, -0.1) is 0 Å². The zero-order valence-electron chi connectivity index (χ0n) is 7.22. The predicted molar refractivity (Wildman–Crippen MR) is 53.6 cm³/mol. The summed E-state index contributed by atoms with van der Waals surface area (Å²) in [4.78, 5) is 4.05. The van der Waals surface area contributed by atoms with E-state index < -0.39 is 0 Å². The summed E-state index contributed by atoms with van der Waals surface area (Å²) in [5, 5.41) is 11.3. The summed E-state index contributed by atoms with van der Waals surface area (Å²) in [7, 11) is 0. The Labute approximate surface area is 86.2 Å². The summed E-state index contributed by atoms with van der Waals surface area (Å²) in [6, 6.07) is 9.41. The molecule has 1 aromatic heterocycles. The predicted octanol–water partition coefficient (Wildman–Crippen LogP) is 2.04. The van der Waals surface area contributed by atoms with E-state index in [4.69, 9.17) is 11.6 Å². The molecule has 70 valence electrons. The minimum atomic E-state index is 0.196. The first-order valence-electron chi connectivity index (χ1n) is 4.07. The van der Waals surface area contributed by atoms with Gasteiger partial charge in [0.2, 0.25) is 12.4 Å². The molecule has 4 heteroatoms. The Hall–Kier alpha value is -1.61.